The molecule has 5 aromatic carbocycles. The molecule has 7 aromatic rings. The Morgan fingerprint density at radius 2 is 0.719 bits per heavy atom. The summed E-state index contributed by atoms with van der Waals surface area (Å²) in [5, 5.41) is 5.45. The third kappa shape index (κ3) is 2.81. The summed E-state index contributed by atoms with van der Waals surface area (Å²) in [6.07, 6.45) is 0. The van der Waals surface area contributed by atoms with Gasteiger partial charge in [0.15, 0.2) is 0 Å². The summed E-state index contributed by atoms with van der Waals surface area (Å²) in [5.74, 6) is 0. The van der Waals surface area contributed by atoms with Crippen molar-refractivity contribution in [2.24, 2.45) is 0 Å². The van der Waals surface area contributed by atoms with E-state index in [2.05, 4.69) is 109 Å². The van der Waals surface area contributed by atoms with Gasteiger partial charge in [0.25, 0.3) is 0 Å². The Bertz CT molecular complexity index is 1620. The molecule has 0 unspecified atom stereocenters. The highest BCUT2D eigenvalue weighted by Crippen LogP contribution is 2.43. The Morgan fingerprint density at radius 3 is 1.16 bits per heavy atom. The van der Waals surface area contributed by atoms with E-state index in [1.54, 1.807) is 0 Å². The summed E-state index contributed by atoms with van der Waals surface area (Å²) >= 11 is 3.80. The van der Waals surface area contributed by atoms with E-state index in [9.17, 15) is 0 Å². The van der Waals surface area contributed by atoms with Crippen LogP contribution in [-0.2, 0) is 0 Å². The number of rotatable bonds is 2. The zero-order valence-corrected chi connectivity index (χ0v) is 18.8. The number of benzene rings is 5. The molecule has 150 valence electrons. The first kappa shape index (κ1) is 18.1. The molecule has 0 radical (unpaired) electrons. The van der Waals surface area contributed by atoms with Crippen molar-refractivity contribution < 1.29 is 0 Å². The fourth-order valence-corrected chi connectivity index (χ4v) is 7.00. The van der Waals surface area contributed by atoms with Crippen molar-refractivity contribution in [2.45, 2.75) is 0 Å². The summed E-state index contributed by atoms with van der Waals surface area (Å²) in [7, 11) is 0. The first-order valence-electron chi connectivity index (χ1n) is 10.8. The van der Waals surface area contributed by atoms with E-state index in [0.29, 0.717) is 0 Å². The molecule has 32 heavy (non-hydrogen) atoms. The van der Waals surface area contributed by atoms with Crippen molar-refractivity contribution in [3.8, 4) is 22.3 Å². The minimum absolute atomic E-state index is 1.27. The lowest BCUT2D eigenvalue weighted by Gasteiger charge is -2.01. The molecular weight excluding hydrogens is 424 g/mol. The van der Waals surface area contributed by atoms with Crippen LogP contribution in [0, 0.1) is 0 Å². The van der Waals surface area contributed by atoms with Gasteiger partial charge in [0, 0.05) is 40.3 Å². The molecule has 0 saturated carbocycles. The van der Waals surface area contributed by atoms with Crippen molar-refractivity contribution in [2.75, 3.05) is 0 Å². The first-order chi connectivity index (χ1) is 15.8. The first-order valence-corrected chi connectivity index (χ1v) is 12.4. The molecule has 0 aliphatic rings. The van der Waals surface area contributed by atoms with Gasteiger partial charge in [-0.25, -0.2) is 0 Å². The van der Waals surface area contributed by atoms with Gasteiger partial charge >= 0.3 is 0 Å². The molecule has 0 bridgehead atoms. The number of hydrogen-bond acceptors (Lipinski definition) is 2. The van der Waals surface area contributed by atoms with E-state index in [0.717, 1.165) is 0 Å². The lowest BCUT2D eigenvalue weighted by molar-refractivity contribution is 1.66. The summed E-state index contributed by atoms with van der Waals surface area (Å²) in [6.45, 7) is 0. The zero-order chi connectivity index (χ0) is 21.1. The second kappa shape index (κ2) is 7.03. The molecule has 0 atom stereocenters. The topological polar surface area (TPSA) is 0 Å². The van der Waals surface area contributed by atoms with Gasteiger partial charge in [0.05, 0.1) is 0 Å². The molecule has 7 rings (SSSR count). The fourth-order valence-electron chi connectivity index (χ4n) is 4.67. The lowest BCUT2D eigenvalue weighted by Crippen LogP contribution is -1.76. The smallest absolute Gasteiger partial charge is 0.0362 e. The van der Waals surface area contributed by atoms with Crippen LogP contribution in [0.1, 0.15) is 0 Å². The van der Waals surface area contributed by atoms with Gasteiger partial charge in [-0.3, -0.25) is 0 Å². The van der Waals surface area contributed by atoms with Crippen molar-refractivity contribution in [3.63, 3.8) is 0 Å². The van der Waals surface area contributed by atoms with Crippen molar-refractivity contribution >= 4 is 63.0 Å². The van der Waals surface area contributed by atoms with Crippen LogP contribution in [0.15, 0.2) is 109 Å². The fraction of sp³-hybridized carbons (Fsp3) is 0. The van der Waals surface area contributed by atoms with E-state index in [4.69, 9.17) is 0 Å². The van der Waals surface area contributed by atoms with Gasteiger partial charge in [-0.2, -0.15) is 0 Å². The molecule has 0 amide bonds. The van der Waals surface area contributed by atoms with Crippen LogP contribution in [0.5, 0.6) is 0 Å². The predicted molar refractivity (Wildman–Crippen MR) is 143 cm³/mol. The molecule has 0 nitrogen and oxygen atoms in total. The van der Waals surface area contributed by atoms with Crippen LogP contribution >= 0.6 is 22.7 Å². The molecule has 2 heteroatoms. The van der Waals surface area contributed by atoms with Crippen LogP contribution in [0.4, 0.5) is 0 Å². The van der Waals surface area contributed by atoms with Gasteiger partial charge in [0.2, 0.25) is 0 Å². The highest BCUT2D eigenvalue weighted by atomic mass is 32.1. The highest BCUT2D eigenvalue weighted by molar-refractivity contribution is 7.27. The third-order valence-corrected chi connectivity index (χ3v) is 8.51. The SMILES string of the molecule is c1ccc(-c2ccc3c(c2)sc2cc4c(cc23)sc2cc(-c3ccccc3)ccc24)cc1. The van der Waals surface area contributed by atoms with Crippen LogP contribution in [0.25, 0.3) is 62.6 Å². The normalized spacial score (nSPS) is 11.8. The Hall–Kier alpha value is -3.46. The molecule has 2 heterocycles. The van der Waals surface area contributed by atoms with Crippen LogP contribution in [0.2, 0.25) is 0 Å². The zero-order valence-electron chi connectivity index (χ0n) is 17.2. The van der Waals surface area contributed by atoms with E-state index in [1.165, 1.54) is 62.6 Å². The number of thiophene rings is 2. The Balaban J connectivity index is 1.41. The minimum atomic E-state index is 1.27. The van der Waals surface area contributed by atoms with Crippen LogP contribution in [-0.4, -0.2) is 0 Å². The van der Waals surface area contributed by atoms with Crippen molar-refractivity contribution in [1.82, 2.24) is 0 Å². The van der Waals surface area contributed by atoms with Gasteiger partial charge < -0.3 is 0 Å². The standard InChI is InChI=1S/C30H18S2/c1-3-7-19(8-4-1)21-11-13-23-25-17-30-26(18-29(25)31-27(23)15-21)24-14-12-22(16-28(24)32-30)20-9-5-2-6-10-20/h1-18H. The predicted octanol–water partition coefficient (Wildman–Crippen LogP) is 9.76. The summed E-state index contributed by atoms with van der Waals surface area (Å²) in [4.78, 5) is 0. The van der Waals surface area contributed by atoms with Gasteiger partial charge in [-0.15, -0.1) is 22.7 Å². The number of fused-ring (bicyclic) bond motifs is 6. The van der Waals surface area contributed by atoms with Crippen LogP contribution in [0.3, 0.4) is 0 Å². The van der Waals surface area contributed by atoms with E-state index in [1.807, 2.05) is 22.7 Å². The van der Waals surface area contributed by atoms with Crippen LogP contribution < -0.4 is 0 Å². The summed E-state index contributed by atoms with van der Waals surface area (Å²) in [5.41, 5.74) is 5.11. The molecule has 0 spiro atoms. The van der Waals surface area contributed by atoms with Gasteiger partial charge in [-0.05, 0) is 46.5 Å². The second-order valence-electron chi connectivity index (χ2n) is 8.20. The summed E-state index contributed by atoms with van der Waals surface area (Å²) < 4.78 is 5.44. The third-order valence-electron chi connectivity index (χ3n) is 6.28. The molecule has 0 fully saturated rings. The highest BCUT2D eigenvalue weighted by Gasteiger charge is 2.12. The molecular formula is C30H18S2. The van der Waals surface area contributed by atoms with Crippen molar-refractivity contribution in [3.05, 3.63) is 109 Å². The average molecular weight is 443 g/mol. The summed E-state index contributed by atoms with van der Waals surface area (Å²) in [6, 6.07) is 39.9. The molecule has 0 N–H and O–H groups in total. The second-order valence-corrected chi connectivity index (χ2v) is 10.4. The monoisotopic (exact) mass is 442 g/mol. The maximum Gasteiger partial charge on any atom is 0.0362 e. The maximum atomic E-state index is 2.40. The molecule has 0 saturated heterocycles. The van der Waals surface area contributed by atoms with E-state index >= 15 is 0 Å². The van der Waals surface area contributed by atoms with E-state index < -0.39 is 0 Å². The Labute approximate surface area is 194 Å². The van der Waals surface area contributed by atoms with Gasteiger partial charge in [-0.1, -0.05) is 84.9 Å². The van der Waals surface area contributed by atoms with E-state index in [-0.39, 0.29) is 0 Å². The Kier molecular flexibility index (Phi) is 3.98. The van der Waals surface area contributed by atoms with Gasteiger partial charge in [0.1, 0.15) is 0 Å². The van der Waals surface area contributed by atoms with Crippen molar-refractivity contribution in [1.29, 1.82) is 0 Å². The lowest BCUT2D eigenvalue weighted by atomic mass is 10.0. The molecule has 0 aliphatic heterocycles. The molecule has 0 aliphatic carbocycles. The quantitative estimate of drug-likeness (QED) is 0.250. The molecule has 2 aromatic heterocycles. The average Bonchev–Trinajstić information content (AvgIpc) is 3.39. The Morgan fingerprint density at radius 1 is 0.312 bits per heavy atom. The largest absolute Gasteiger partial charge is 0.135 e. The maximum absolute atomic E-state index is 2.40. The number of hydrogen-bond donors (Lipinski definition) is 0. The minimum Gasteiger partial charge on any atom is -0.135 e.